The number of benzene rings is 1. The van der Waals surface area contributed by atoms with E-state index in [-0.39, 0.29) is 17.3 Å². The maximum Gasteiger partial charge on any atom is 0.245 e. The molecule has 2 N–H and O–H groups in total. The highest BCUT2D eigenvalue weighted by Crippen LogP contribution is 2.28. The smallest absolute Gasteiger partial charge is 0.245 e. The number of nitrogens with two attached hydrogens (primary N) is 1. The van der Waals surface area contributed by atoms with Crippen LogP contribution in [-0.4, -0.2) is 14.6 Å². The van der Waals surface area contributed by atoms with Gasteiger partial charge in [0.15, 0.2) is 11.6 Å². The Morgan fingerprint density at radius 3 is 2.84 bits per heavy atom. The van der Waals surface area contributed by atoms with E-state index in [0.717, 1.165) is 12.1 Å². The van der Waals surface area contributed by atoms with Crippen LogP contribution in [0.2, 0.25) is 0 Å². The molecule has 2 heterocycles. The molecule has 19 heavy (non-hydrogen) atoms. The van der Waals surface area contributed by atoms with Gasteiger partial charge in [-0.1, -0.05) is 0 Å². The molecule has 3 aromatic rings. The maximum atomic E-state index is 13.6. The van der Waals surface area contributed by atoms with Crippen molar-refractivity contribution in [1.82, 2.24) is 14.6 Å². The van der Waals surface area contributed by atoms with Crippen molar-refractivity contribution in [2.45, 2.75) is 0 Å². The number of nitrogen functional groups attached to an aromatic ring is 1. The van der Waals surface area contributed by atoms with E-state index in [1.807, 2.05) is 0 Å². The first-order chi connectivity index (χ1) is 9.15. The molecule has 1 aromatic carbocycles. The van der Waals surface area contributed by atoms with E-state index in [1.54, 1.807) is 18.5 Å². The average Bonchev–Trinajstić information content (AvgIpc) is 2.85. The summed E-state index contributed by atoms with van der Waals surface area (Å²) in [6, 6.07) is 3.39. The highest BCUT2D eigenvalue weighted by molar-refractivity contribution is 5.56. The fourth-order valence-corrected chi connectivity index (χ4v) is 1.64. The van der Waals surface area contributed by atoms with Crippen LogP contribution in [-0.2, 0) is 0 Å². The molecule has 0 aliphatic rings. The molecule has 0 fully saturated rings. The van der Waals surface area contributed by atoms with Crippen molar-refractivity contribution in [1.29, 1.82) is 0 Å². The van der Waals surface area contributed by atoms with Crippen molar-refractivity contribution < 1.29 is 13.5 Å². The summed E-state index contributed by atoms with van der Waals surface area (Å²) in [5.41, 5.74) is 5.52. The van der Waals surface area contributed by atoms with Crippen LogP contribution in [0.4, 0.5) is 14.5 Å². The van der Waals surface area contributed by atoms with Gasteiger partial charge in [-0.3, -0.25) is 0 Å². The molecule has 0 amide bonds. The quantitative estimate of drug-likeness (QED) is 0.720. The van der Waals surface area contributed by atoms with Crippen LogP contribution in [0.5, 0.6) is 11.6 Å². The third kappa shape index (κ3) is 1.95. The zero-order valence-electron chi connectivity index (χ0n) is 9.55. The first-order valence-electron chi connectivity index (χ1n) is 5.36. The van der Waals surface area contributed by atoms with E-state index in [0.29, 0.717) is 5.52 Å². The predicted molar refractivity (Wildman–Crippen MR) is 63.8 cm³/mol. The van der Waals surface area contributed by atoms with Crippen LogP contribution in [0.3, 0.4) is 0 Å². The van der Waals surface area contributed by atoms with E-state index in [4.69, 9.17) is 10.5 Å². The molecule has 2 aromatic heterocycles. The molecule has 0 aliphatic carbocycles. The lowest BCUT2D eigenvalue weighted by Crippen LogP contribution is -1.98. The molecule has 0 atom stereocenters. The zero-order valence-corrected chi connectivity index (χ0v) is 9.55. The largest absolute Gasteiger partial charge is 0.434 e. The summed E-state index contributed by atoms with van der Waals surface area (Å²) in [6.45, 7) is 0. The monoisotopic (exact) mass is 262 g/mol. The molecule has 0 unspecified atom stereocenters. The van der Waals surface area contributed by atoms with Gasteiger partial charge in [0, 0.05) is 24.5 Å². The summed E-state index contributed by atoms with van der Waals surface area (Å²) in [7, 11) is 0. The number of nitrogens with zero attached hydrogens (tertiary/aromatic N) is 3. The van der Waals surface area contributed by atoms with Crippen molar-refractivity contribution in [3.8, 4) is 11.6 Å². The SMILES string of the molecule is Nc1cc(F)c(Oc2nccn3nccc23)cc1F. The lowest BCUT2D eigenvalue weighted by molar-refractivity contribution is 0.425. The molecule has 0 saturated heterocycles. The lowest BCUT2D eigenvalue weighted by atomic mass is 10.3. The minimum Gasteiger partial charge on any atom is -0.434 e. The van der Waals surface area contributed by atoms with Crippen LogP contribution < -0.4 is 10.5 Å². The number of anilines is 1. The molecular weight excluding hydrogens is 254 g/mol. The molecule has 0 spiro atoms. The van der Waals surface area contributed by atoms with Gasteiger partial charge in [-0.15, -0.1) is 0 Å². The number of ether oxygens (including phenoxy) is 1. The van der Waals surface area contributed by atoms with Crippen molar-refractivity contribution in [3.05, 3.63) is 48.4 Å². The summed E-state index contributed by atoms with van der Waals surface area (Å²) in [5, 5.41) is 3.98. The van der Waals surface area contributed by atoms with E-state index in [1.165, 1.54) is 10.7 Å². The Balaban J connectivity index is 2.06. The van der Waals surface area contributed by atoms with E-state index in [2.05, 4.69) is 10.1 Å². The molecule has 0 saturated carbocycles. The summed E-state index contributed by atoms with van der Waals surface area (Å²) in [5.74, 6) is -1.67. The molecular formula is C12H8F2N4O. The number of hydrogen-bond donors (Lipinski definition) is 1. The van der Waals surface area contributed by atoms with E-state index in [9.17, 15) is 8.78 Å². The Bertz CT molecular complexity index is 757. The third-order valence-corrected chi connectivity index (χ3v) is 2.55. The second kappa shape index (κ2) is 4.20. The van der Waals surface area contributed by atoms with Gasteiger partial charge in [-0.05, 0) is 6.07 Å². The number of hydrogen-bond acceptors (Lipinski definition) is 4. The molecule has 7 heteroatoms. The molecule has 96 valence electrons. The van der Waals surface area contributed by atoms with Gasteiger partial charge < -0.3 is 10.5 Å². The summed E-state index contributed by atoms with van der Waals surface area (Å²) in [4.78, 5) is 3.96. The Morgan fingerprint density at radius 2 is 2.00 bits per heavy atom. The minimum absolute atomic E-state index is 0.128. The predicted octanol–water partition coefficient (Wildman–Crippen LogP) is 2.38. The number of rotatable bonds is 2. The highest BCUT2D eigenvalue weighted by atomic mass is 19.1. The second-order valence-electron chi connectivity index (χ2n) is 3.80. The average molecular weight is 262 g/mol. The van der Waals surface area contributed by atoms with E-state index < -0.39 is 11.6 Å². The van der Waals surface area contributed by atoms with Crippen molar-refractivity contribution in [2.24, 2.45) is 0 Å². The van der Waals surface area contributed by atoms with Crippen LogP contribution in [0, 0.1) is 11.6 Å². The van der Waals surface area contributed by atoms with Crippen molar-refractivity contribution in [3.63, 3.8) is 0 Å². The second-order valence-corrected chi connectivity index (χ2v) is 3.80. The zero-order chi connectivity index (χ0) is 13.4. The minimum atomic E-state index is -0.762. The summed E-state index contributed by atoms with van der Waals surface area (Å²) >= 11 is 0. The van der Waals surface area contributed by atoms with Gasteiger partial charge in [-0.25, -0.2) is 18.3 Å². The fraction of sp³-hybridized carbons (Fsp3) is 0. The number of halogens is 2. The molecule has 3 rings (SSSR count). The molecule has 0 radical (unpaired) electrons. The summed E-state index contributed by atoms with van der Waals surface area (Å²) < 4.78 is 33.7. The van der Waals surface area contributed by atoms with Crippen LogP contribution in [0.25, 0.3) is 5.52 Å². The Kier molecular flexibility index (Phi) is 2.52. The van der Waals surface area contributed by atoms with Gasteiger partial charge in [-0.2, -0.15) is 5.10 Å². The van der Waals surface area contributed by atoms with Crippen molar-refractivity contribution >= 4 is 11.2 Å². The van der Waals surface area contributed by atoms with Crippen LogP contribution in [0.15, 0.2) is 36.8 Å². The van der Waals surface area contributed by atoms with Crippen molar-refractivity contribution in [2.75, 3.05) is 5.73 Å². The molecule has 0 aliphatic heterocycles. The van der Waals surface area contributed by atoms with E-state index >= 15 is 0 Å². The molecule has 5 nitrogen and oxygen atoms in total. The number of fused-ring (bicyclic) bond motifs is 1. The fourth-order valence-electron chi connectivity index (χ4n) is 1.64. The standard InChI is InChI=1S/C12H8F2N4O/c13-7-6-11(8(14)5-9(7)15)19-12-10-1-2-17-18(10)4-3-16-12/h1-6H,15H2. The third-order valence-electron chi connectivity index (χ3n) is 2.55. The van der Waals surface area contributed by atoms with Gasteiger partial charge in [0.25, 0.3) is 0 Å². The van der Waals surface area contributed by atoms with Gasteiger partial charge in [0.05, 0.1) is 11.9 Å². The molecule has 0 bridgehead atoms. The Labute approximate surface area is 106 Å². The Morgan fingerprint density at radius 1 is 1.16 bits per heavy atom. The lowest BCUT2D eigenvalue weighted by Gasteiger charge is -2.08. The van der Waals surface area contributed by atoms with Gasteiger partial charge in [0.1, 0.15) is 11.3 Å². The normalized spacial score (nSPS) is 10.8. The summed E-state index contributed by atoms with van der Waals surface area (Å²) in [6.07, 6.45) is 4.60. The maximum absolute atomic E-state index is 13.6. The topological polar surface area (TPSA) is 65.4 Å². The highest BCUT2D eigenvalue weighted by Gasteiger charge is 2.12. The number of aromatic nitrogens is 3. The van der Waals surface area contributed by atoms with Crippen LogP contribution in [0.1, 0.15) is 0 Å². The first-order valence-corrected chi connectivity index (χ1v) is 5.36. The first kappa shape index (κ1) is 11.4. The van der Waals surface area contributed by atoms with Gasteiger partial charge in [0.2, 0.25) is 5.88 Å². The van der Waals surface area contributed by atoms with Crippen LogP contribution >= 0.6 is 0 Å². The Hall–Kier alpha value is -2.70. The van der Waals surface area contributed by atoms with Gasteiger partial charge >= 0.3 is 0 Å².